The van der Waals surface area contributed by atoms with E-state index >= 15 is 0 Å². The minimum atomic E-state index is -0.422. The summed E-state index contributed by atoms with van der Waals surface area (Å²) in [5, 5.41) is 5.26. The van der Waals surface area contributed by atoms with E-state index in [-0.39, 0.29) is 5.91 Å². The maximum absolute atomic E-state index is 12.4. The van der Waals surface area contributed by atoms with Crippen molar-refractivity contribution >= 4 is 51.1 Å². The lowest BCUT2D eigenvalue weighted by Gasteiger charge is -2.05. The highest BCUT2D eigenvalue weighted by Gasteiger charge is 2.16. The molecule has 1 amide bonds. The standard InChI is InChI=1S/C24H17ClN2O3S/c1-15-6-10-17(11-7-15)24(29)30-18-12-8-16(9-13-18)14-26-27-23(28)22-21(25)19-4-2-3-5-20(19)31-22/h2-14H,1H3,(H,27,28)/b26-14-. The number of nitrogens with zero attached hydrogens (tertiary/aromatic N) is 1. The molecule has 154 valence electrons. The maximum atomic E-state index is 12.4. The van der Waals surface area contributed by atoms with Crippen LogP contribution in [0.4, 0.5) is 0 Å². The molecule has 5 nitrogen and oxygen atoms in total. The molecular weight excluding hydrogens is 432 g/mol. The Morgan fingerprint density at radius 3 is 2.42 bits per heavy atom. The zero-order chi connectivity index (χ0) is 21.8. The molecule has 31 heavy (non-hydrogen) atoms. The van der Waals surface area contributed by atoms with Crippen LogP contribution in [-0.4, -0.2) is 18.1 Å². The van der Waals surface area contributed by atoms with Gasteiger partial charge < -0.3 is 4.74 Å². The summed E-state index contributed by atoms with van der Waals surface area (Å²) in [6, 6.07) is 21.5. The minimum absolute atomic E-state index is 0.369. The molecule has 0 bridgehead atoms. The zero-order valence-electron chi connectivity index (χ0n) is 16.5. The van der Waals surface area contributed by atoms with E-state index in [1.54, 1.807) is 36.4 Å². The molecule has 4 rings (SSSR count). The van der Waals surface area contributed by atoms with Crippen LogP contribution in [0, 0.1) is 6.92 Å². The maximum Gasteiger partial charge on any atom is 0.343 e. The van der Waals surface area contributed by atoms with Crippen LogP contribution in [0.5, 0.6) is 5.75 Å². The Kier molecular flexibility index (Phi) is 6.11. The fourth-order valence-corrected chi connectivity index (χ4v) is 4.26. The highest BCUT2D eigenvalue weighted by molar-refractivity contribution is 7.21. The zero-order valence-corrected chi connectivity index (χ0v) is 18.0. The number of esters is 1. The summed E-state index contributed by atoms with van der Waals surface area (Å²) >= 11 is 7.63. The summed E-state index contributed by atoms with van der Waals surface area (Å²) in [7, 11) is 0. The molecule has 3 aromatic carbocycles. The first-order valence-corrected chi connectivity index (χ1v) is 10.6. The summed E-state index contributed by atoms with van der Waals surface area (Å²) in [6.07, 6.45) is 1.50. The Morgan fingerprint density at radius 2 is 1.71 bits per heavy atom. The van der Waals surface area contributed by atoms with Crippen molar-refractivity contribution in [3.8, 4) is 5.75 Å². The Hall–Kier alpha value is -3.48. The third-order valence-corrected chi connectivity index (χ3v) is 6.17. The number of halogens is 1. The van der Waals surface area contributed by atoms with Crippen LogP contribution in [0.15, 0.2) is 77.9 Å². The fourth-order valence-electron chi connectivity index (χ4n) is 2.85. The van der Waals surface area contributed by atoms with E-state index in [4.69, 9.17) is 16.3 Å². The number of rotatable bonds is 5. The number of hydrogen-bond acceptors (Lipinski definition) is 5. The number of amides is 1. The van der Waals surface area contributed by atoms with Crippen LogP contribution in [0.3, 0.4) is 0 Å². The van der Waals surface area contributed by atoms with Crippen molar-refractivity contribution in [2.24, 2.45) is 5.10 Å². The molecule has 0 saturated carbocycles. The van der Waals surface area contributed by atoms with E-state index in [0.29, 0.717) is 21.2 Å². The third-order valence-electron chi connectivity index (χ3n) is 4.50. The largest absolute Gasteiger partial charge is 0.423 e. The van der Waals surface area contributed by atoms with E-state index in [2.05, 4.69) is 10.5 Å². The van der Waals surface area contributed by atoms with Crippen LogP contribution < -0.4 is 10.2 Å². The van der Waals surface area contributed by atoms with Crippen molar-refractivity contribution in [2.75, 3.05) is 0 Å². The first-order valence-electron chi connectivity index (χ1n) is 9.40. The van der Waals surface area contributed by atoms with Gasteiger partial charge in [-0.15, -0.1) is 11.3 Å². The molecule has 0 saturated heterocycles. The number of benzene rings is 3. The number of carbonyl (C=O) groups is 2. The average molecular weight is 449 g/mol. The molecule has 0 radical (unpaired) electrons. The second kappa shape index (κ2) is 9.12. The van der Waals surface area contributed by atoms with Gasteiger partial charge in [0.25, 0.3) is 5.91 Å². The van der Waals surface area contributed by atoms with Gasteiger partial charge in [0.2, 0.25) is 0 Å². The van der Waals surface area contributed by atoms with Gasteiger partial charge in [-0.2, -0.15) is 5.10 Å². The van der Waals surface area contributed by atoms with Gasteiger partial charge in [-0.3, -0.25) is 4.79 Å². The molecule has 0 spiro atoms. The predicted molar refractivity (Wildman–Crippen MR) is 124 cm³/mol. The Bertz CT molecular complexity index is 1280. The number of hydrogen-bond donors (Lipinski definition) is 1. The highest BCUT2D eigenvalue weighted by atomic mass is 35.5. The quantitative estimate of drug-likeness (QED) is 0.180. The van der Waals surface area contributed by atoms with E-state index < -0.39 is 5.97 Å². The molecule has 0 aliphatic carbocycles. The van der Waals surface area contributed by atoms with Gasteiger partial charge in [0.05, 0.1) is 16.8 Å². The Labute approximate surface area is 187 Å². The number of thiophene rings is 1. The van der Waals surface area contributed by atoms with Gasteiger partial charge in [0, 0.05) is 10.1 Å². The van der Waals surface area contributed by atoms with E-state index in [1.807, 2.05) is 43.3 Å². The first kappa shape index (κ1) is 20.8. The SMILES string of the molecule is Cc1ccc(C(=O)Oc2ccc(/C=N\NC(=O)c3sc4ccccc4c3Cl)cc2)cc1. The molecule has 1 aromatic heterocycles. The lowest BCUT2D eigenvalue weighted by Crippen LogP contribution is -2.16. The van der Waals surface area contributed by atoms with Crippen molar-refractivity contribution in [3.63, 3.8) is 0 Å². The second-order valence-electron chi connectivity index (χ2n) is 6.77. The molecule has 1 N–H and O–H groups in total. The molecule has 7 heteroatoms. The molecular formula is C24H17ClN2O3S. The number of hydrazone groups is 1. The van der Waals surface area contributed by atoms with Gasteiger partial charge in [0.1, 0.15) is 10.6 Å². The number of aryl methyl sites for hydroxylation is 1. The van der Waals surface area contributed by atoms with Gasteiger partial charge in [0.15, 0.2) is 0 Å². The Balaban J connectivity index is 1.37. The van der Waals surface area contributed by atoms with Crippen molar-refractivity contribution < 1.29 is 14.3 Å². The number of nitrogens with one attached hydrogen (secondary N) is 1. The molecule has 0 aliphatic heterocycles. The van der Waals surface area contributed by atoms with Crippen molar-refractivity contribution in [3.05, 3.63) is 99.4 Å². The topological polar surface area (TPSA) is 67.8 Å². The van der Waals surface area contributed by atoms with Gasteiger partial charge in [-0.05, 0) is 55.0 Å². The summed E-state index contributed by atoms with van der Waals surface area (Å²) in [5.74, 6) is -0.371. The van der Waals surface area contributed by atoms with E-state index in [1.165, 1.54) is 17.6 Å². The van der Waals surface area contributed by atoms with Gasteiger partial charge in [-0.25, -0.2) is 10.2 Å². The van der Waals surface area contributed by atoms with Crippen LogP contribution in [-0.2, 0) is 0 Å². The van der Waals surface area contributed by atoms with Crippen molar-refractivity contribution in [1.82, 2.24) is 5.43 Å². The monoisotopic (exact) mass is 448 g/mol. The second-order valence-corrected chi connectivity index (χ2v) is 8.20. The fraction of sp³-hybridized carbons (Fsp3) is 0.0417. The van der Waals surface area contributed by atoms with Crippen LogP contribution in [0.25, 0.3) is 10.1 Å². The lowest BCUT2D eigenvalue weighted by atomic mass is 10.1. The lowest BCUT2D eigenvalue weighted by molar-refractivity contribution is 0.0734. The molecule has 0 fully saturated rings. The van der Waals surface area contributed by atoms with E-state index in [9.17, 15) is 9.59 Å². The molecule has 0 aliphatic rings. The summed E-state index contributed by atoms with van der Waals surface area (Å²) < 4.78 is 6.31. The Morgan fingerprint density at radius 1 is 1.00 bits per heavy atom. The van der Waals surface area contributed by atoms with Crippen LogP contribution in [0.1, 0.15) is 31.2 Å². The van der Waals surface area contributed by atoms with E-state index in [0.717, 1.165) is 21.2 Å². The smallest absolute Gasteiger partial charge is 0.343 e. The third kappa shape index (κ3) is 4.82. The summed E-state index contributed by atoms with van der Waals surface area (Å²) in [4.78, 5) is 25.0. The van der Waals surface area contributed by atoms with Crippen molar-refractivity contribution in [2.45, 2.75) is 6.92 Å². The highest BCUT2D eigenvalue weighted by Crippen LogP contribution is 2.34. The normalized spacial score (nSPS) is 11.0. The number of ether oxygens (including phenoxy) is 1. The van der Waals surface area contributed by atoms with Gasteiger partial charge in [-0.1, -0.05) is 47.5 Å². The minimum Gasteiger partial charge on any atom is -0.423 e. The van der Waals surface area contributed by atoms with Crippen molar-refractivity contribution in [1.29, 1.82) is 0 Å². The van der Waals surface area contributed by atoms with Crippen LogP contribution in [0.2, 0.25) is 5.02 Å². The van der Waals surface area contributed by atoms with Gasteiger partial charge >= 0.3 is 5.97 Å². The first-order chi connectivity index (χ1) is 15.0. The molecule has 4 aromatic rings. The average Bonchev–Trinajstić information content (AvgIpc) is 3.12. The summed E-state index contributed by atoms with van der Waals surface area (Å²) in [5.41, 5.74) is 4.78. The molecule has 1 heterocycles. The molecule has 0 unspecified atom stereocenters. The number of carbonyl (C=O) groups excluding carboxylic acids is 2. The summed E-state index contributed by atoms with van der Waals surface area (Å²) in [6.45, 7) is 1.95. The van der Waals surface area contributed by atoms with Crippen LogP contribution >= 0.6 is 22.9 Å². The number of fused-ring (bicyclic) bond motifs is 1. The molecule has 0 atom stereocenters. The predicted octanol–water partition coefficient (Wildman–Crippen LogP) is 5.85.